The number of amides is 1. The molecule has 0 atom stereocenters. The monoisotopic (exact) mass is 405 g/mol. The topological polar surface area (TPSA) is 89.6 Å². The van der Waals surface area contributed by atoms with Crippen LogP contribution in [0.3, 0.4) is 0 Å². The molecule has 4 rings (SSSR count). The summed E-state index contributed by atoms with van der Waals surface area (Å²) in [6.07, 6.45) is 3.85. The summed E-state index contributed by atoms with van der Waals surface area (Å²) in [5, 5.41) is 8.17. The van der Waals surface area contributed by atoms with Gasteiger partial charge in [0.05, 0.1) is 17.6 Å². The lowest BCUT2D eigenvalue weighted by molar-refractivity contribution is -0.130. The van der Waals surface area contributed by atoms with Crippen LogP contribution >= 0.6 is 0 Å². The largest absolute Gasteiger partial charge is 0.341 e. The summed E-state index contributed by atoms with van der Waals surface area (Å²) in [6.45, 7) is 3.04. The number of fused-ring (bicyclic) bond motifs is 1. The Morgan fingerprint density at radius 2 is 1.64 bits per heavy atom. The number of rotatable bonds is 4. The van der Waals surface area contributed by atoms with Gasteiger partial charge < -0.3 is 4.90 Å². The molecule has 152 valence electrons. The Hall–Kier alpha value is -1.97. The van der Waals surface area contributed by atoms with Gasteiger partial charge in [0.1, 0.15) is 0 Å². The minimum Gasteiger partial charge on any atom is -0.341 e. The first kappa shape index (κ1) is 19.4. The maximum Gasteiger partial charge on any atom is 0.282 e. The summed E-state index contributed by atoms with van der Waals surface area (Å²) in [6, 6.07) is 7.72. The summed E-state index contributed by atoms with van der Waals surface area (Å²) < 4.78 is 29.0. The van der Waals surface area contributed by atoms with E-state index in [2.05, 4.69) is 10.2 Å². The molecule has 1 aromatic carbocycles. The van der Waals surface area contributed by atoms with Crippen molar-refractivity contribution in [2.75, 3.05) is 39.3 Å². The Morgan fingerprint density at radius 3 is 2.46 bits per heavy atom. The molecular formula is C19H27N5O3S. The van der Waals surface area contributed by atoms with Gasteiger partial charge in [0.2, 0.25) is 5.91 Å². The lowest BCUT2D eigenvalue weighted by Crippen LogP contribution is -2.47. The van der Waals surface area contributed by atoms with Crippen LogP contribution in [-0.2, 0) is 21.4 Å². The predicted molar refractivity (Wildman–Crippen MR) is 107 cm³/mol. The minimum atomic E-state index is -3.42. The van der Waals surface area contributed by atoms with Crippen molar-refractivity contribution in [1.29, 1.82) is 0 Å². The molecule has 0 radical (unpaired) electrons. The number of benzene rings is 1. The number of para-hydroxylation sites is 1. The standard InChI is InChI=1S/C19H27N5O3S/c25-19(15-18-16-7-2-3-8-17(16)20-21-18)22-9-6-12-24(14-13-22)28(26,27)23-10-4-1-5-11-23/h2-3,7-8H,1,4-6,9-15H2,(H,20,21). The van der Waals surface area contributed by atoms with Gasteiger partial charge in [0, 0.05) is 44.7 Å². The van der Waals surface area contributed by atoms with E-state index in [-0.39, 0.29) is 12.3 Å². The quantitative estimate of drug-likeness (QED) is 0.832. The number of aromatic nitrogens is 2. The van der Waals surface area contributed by atoms with Gasteiger partial charge in [-0.2, -0.15) is 22.1 Å². The first-order valence-corrected chi connectivity index (χ1v) is 11.4. The van der Waals surface area contributed by atoms with Crippen molar-refractivity contribution in [2.45, 2.75) is 32.1 Å². The van der Waals surface area contributed by atoms with Crippen LogP contribution in [0.4, 0.5) is 0 Å². The molecule has 2 aliphatic heterocycles. The molecular weight excluding hydrogens is 378 g/mol. The summed E-state index contributed by atoms with van der Waals surface area (Å²) in [4.78, 5) is 14.6. The summed E-state index contributed by atoms with van der Waals surface area (Å²) >= 11 is 0. The number of carbonyl (C=O) groups is 1. The molecule has 2 fully saturated rings. The average Bonchev–Trinajstić information content (AvgIpc) is 2.95. The third-order valence-electron chi connectivity index (χ3n) is 5.64. The first-order chi connectivity index (χ1) is 13.6. The van der Waals surface area contributed by atoms with Gasteiger partial charge in [-0.3, -0.25) is 9.89 Å². The molecule has 3 heterocycles. The minimum absolute atomic E-state index is 0.00613. The van der Waals surface area contributed by atoms with E-state index in [1.54, 1.807) is 13.5 Å². The lowest BCUT2D eigenvalue weighted by Gasteiger charge is -2.31. The molecule has 1 aromatic heterocycles. The number of nitrogens with zero attached hydrogens (tertiary/aromatic N) is 4. The van der Waals surface area contributed by atoms with Crippen molar-refractivity contribution in [2.24, 2.45) is 0 Å². The molecule has 0 unspecified atom stereocenters. The van der Waals surface area contributed by atoms with Crippen molar-refractivity contribution in [3.05, 3.63) is 30.0 Å². The fourth-order valence-corrected chi connectivity index (χ4v) is 5.76. The van der Waals surface area contributed by atoms with E-state index in [9.17, 15) is 13.2 Å². The molecule has 8 nitrogen and oxygen atoms in total. The van der Waals surface area contributed by atoms with Crippen LogP contribution in [0.15, 0.2) is 24.3 Å². The number of hydrogen-bond acceptors (Lipinski definition) is 4. The van der Waals surface area contributed by atoms with Gasteiger partial charge in [0.25, 0.3) is 10.2 Å². The Balaban J connectivity index is 1.40. The fraction of sp³-hybridized carbons (Fsp3) is 0.579. The molecule has 2 saturated heterocycles. The molecule has 0 aliphatic carbocycles. The van der Waals surface area contributed by atoms with E-state index in [4.69, 9.17) is 0 Å². The SMILES string of the molecule is O=C(Cc1[nH]nc2ccccc12)N1CCCN(S(=O)(=O)N2CCCCC2)CC1. The zero-order valence-electron chi connectivity index (χ0n) is 16.0. The van der Waals surface area contributed by atoms with Gasteiger partial charge >= 0.3 is 0 Å². The van der Waals surface area contributed by atoms with E-state index in [1.165, 1.54) is 0 Å². The smallest absolute Gasteiger partial charge is 0.282 e. The van der Waals surface area contributed by atoms with Crippen LogP contribution in [0.5, 0.6) is 0 Å². The normalized spacial score (nSPS) is 20.4. The Bertz CT molecular complexity index is 936. The molecule has 1 amide bonds. The third kappa shape index (κ3) is 3.92. The highest BCUT2D eigenvalue weighted by atomic mass is 32.2. The molecule has 28 heavy (non-hydrogen) atoms. The van der Waals surface area contributed by atoms with E-state index >= 15 is 0 Å². The van der Waals surface area contributed by atoms with Crippen molar-refractivity contribution in [3.8, 4) is 0 Å². The Kier molecular flexibility index (Phi) is 5.65. The molecule has 2 aliphatic rings. The molecule has 0 bridgehead atoms. The molecule has 9 heteroatoms. The van der Waals surface area contributed by atoms with Gasteiger partial charge in [-0.05, 0) is 25.3 Å². The van der Waals surface area contributed by atoms with E-state index in [0.29, 0.717) is 45.7 Å². The fourth-order valence-electron chi connectivity index (χ4n) is 4.04. The van der Waals surface area contributed by atoms with Crippen molar-refractivity contribution in [1.82, 2.24) is 23.7 Å². The summed E-state index contributed by atoms with van der Waals surface area (Å²) in [7, 11) is -3.42. The number of nitrogens with one attached hydrogen (secondary N) is 1. The third-order valence-corrected chi connectivity index (χ3v) is 7.68. The first-order valence-electron chi connectivity index (χ1n) is 10.0. The molecule has 1 N–H and O–H groups in total. The number of carbonyl (C=O) groups excluding carboxylic acids is 1. The van der Waals surface area contributed by atoms with Crippen LogP contribution in [0.2, 0.25) is 0 Å². The second-order valence-electron chi connectivity index (χ2n) is 7.50. The number of hydrogen-bond donors (Lipinski definition) is 1. The van der Waals surface area contributed by atoms with E-state index < -0.39 is 10.2 Å². The van der Waals surface area contributed by atoms with E-state index in [1.807, 2.05) is 24.3 Å². The second kappa shape index (κ2) is 8.18. The van der Waals surface area contributed by atoms with Crippen molar-refractivity contribution < 1.29 is 13.2 Å². The zero-order valence-corrected chi connectivity index (χ0v) is 16.8. The highest BCUT2D eigenvalue weighted by Gasteiger charge is 2.32. The average molecular weight is 406 g/mol. The van der Waals surface area contributed by atoms with Gasteiger partial charge in [-0.1, -0.05) is 24.6 Å². The van der Waals surface area contributed by atoms with Gasteiger partial charge in [-0.25, -0.2) is 0 Å². The maximum atomic E-state index is 12.9. The lowest BCUT2D eigenvalue weighted by atomic mass is 10.1. The van der Waals surface area contributed by atoms with Gasteiger partial charge in [0.15, 0.2) is 0 Å². The molecule has 0 spiro atoms. The summed E-state index contributed by atoms with van der Waals surface area (Å²) in [5.74, 6) is 0.00613. The van der Waals surface area contributed by atoms with Crippen LogP contribution in [0.25, 0.3) is 10.9 Å². The maximum absolute atomic E-state index is 12.9. The van der Waals surface area contributed by atoms with Crippen LogP contribution in [0, 0.1) is 0 Å². The second-order valence-corrected chi connectivity index (χ2v) is 9.43. The Labute approximate surface area is 165 Å². The van der Waals surface area contributed by atoms with Crippen LogP contribution < -0.4 is 0 Å². The Morgan fingerprint density at radius 1 is 0.929 bits per heavy atom. The predicted octanol–water partition coefficient (Wildman–Crippen LogP) is 1.37. The van der Waals surface area contributed by atoms with Crippen LogP contribution in [-0.4, -0.2) is 77.3 Å². The summed E-state index contributed by atoms with van der Waals surface area (Å²) in [5.41, 5.74) is 1.66. The van der Waals surface area contributed by atoms with Crippen LogP contribution in [0.1, 0.15) is 31.4 Å². The molecule has 2 aromatic rings. The highest BCUT2D eigenvalue weighted by Crippen LogP contribution is 2.19. The van der Waals surface area contributed by atoms with E-state index in [0.717, 1.165) is 35.9 Å². The highest BCUT2D eigenvalue weighted by molar-refractivity contribution is 7.86. The van der Waals surface area contributed by atoms with Crippen molar-refractivity contribution >= 4 is 27.0 Å². The number of aromatic amines is 1. The number of H-pyrrole nitrogens is 1. The zero-order chi connectivity index (χ0) is 19.6. The van der Waals surface area contributed by atoms with Crippen molar-refractivity contribution in [3.63, 3.8) is 0 Å². The van der Waals surface area contributed by atoms with Gasteiger partial charge in [-0.15, -0.1) is 0 Å². The number of piperidine rings is 1. The molecule has 0 saturated carbocycles.